The van der Waals surface area contributed by atoms with E-state index in [0.717, 1.165) is 122 Å². The molecule has 0 aliphatic rings. The minimum atomic E-state index is 0.550. The first kappa shape index (κ1) is 44.4. The molecule has 0 aliphatic heterocycles. The van der Waals surface area contributed by atoms with Gasteiger partial charge in [-0.05, 0) is 121 Å². The van der Waals surface area contributed by atoms with Gasteiger partial charge in [0.1, 0.15) is 11.6 Å². The maximum absolute atomic E-state index is 12.1. The molecule has 0 N–H and O–H groups in total. The Balaban J connectivity index is 1.17. The van der Waals surface area contributed by atoms with Gasteiger partial charge in [0.2, 0.25) is 0 Å². The van der Waals surface area contributed by atoms with Crippen molar-refractivity contribution in [1.29, 1.82) is 5.26 Å². The average molecular weight is 947 g/mol. The van der Waals surface area contributed by atoms with Gasteiger partial charge >= 0.3 is 0 Å². The van der Waals surface area contributed by atoms with E-state index in [1.807, 2.05) is 6.07 Å². The first-order chi connectivity index (χ1) is 36.2. The summed E-state index contributed by atoms with van der Waals surface area (Å²) in [7, 11) is 0. The molecule has 3 heterocycles. The summed E-state index contributed by atoms with van der Waals surface area (Å²) in [5, 5.41) is 16.5. The second-order valence-corrected chi connectivity index (χ2v) is 19.8. The lowest BCUT2D eigenvalue weighted by atomic mass is 10.0. The fourth-order valence-electron chi connectivity index (χ4n) is 10.9. The summed E-state index contributed by atoms with van der Waals surface area (Å²) in [5.74, 6) is 0. The molecule has 0 radical (unpaired) electrons. The molecule has 350 valence electrons. The lowest BCUT2D eigenvalue weighted by molar-refractivity contribution is 1.12. The predicted octanol–water partition coefficient (Wildman–Crippen LogP) is 18.4. The third-order valence-corrected chi connectivity index (χ3v) is 14.9. The van der Waals surface area contributed by atoms with Gasteiger partial charge in [-0.25, -0.2) is 4.98 Å². The van der Waals surface area contributed by atoms with Crippen molar-refractivity contribution in [3.05, 3.63) is 258 Å². The van der Waals surface area contributed by atoms with Crippen LogP contribution in [0.1, 0.15) is 27.8 Å². The van der Waals surface area contributed by atoms with E-state index in [4.69, 9.17) is 4.98 Å². The van der Waals surface area contributed by atoms with Gasteiger partial charge in [-0.1, -0.05) is 204 Å². The molecule has 13 rings (SSSR count). The minimum Gasteiger partial charge on any atom is -0.308 e. The number of rotatable bonds is 8. The number of benzene rings is 10. The van der Waals surface area contributed by atoms with Crippen molar-refractivity contribution in [3.63, 3.8) is 0 Å². The number of pyridine rings is 1. The van der Waals surface area contributed by atoms with Gasteiger partial charge < -0.3 is 9.13 Å². The molecule has 0 bridgehead atoms. The van der Waals surface area contributed by atoms with E-state index < -0.39 is 0 Å². The number of fused-ring (bicyclic) bond motifs is 6. The first-order valence-electron chi connectivity index (χ1n) is 25.3. The monoisotopic (exact) mass is 946 g/mol. The number of nitriles is 1. The molecule has 0 aliphatic carbocycles. The van der Waals surface area contributed by atoms with E-state index in [1.54, 1.807) is 0 Å². The Morgan fingerprint density at radius 2 is 0.608 bits per heavy atom. The lowest BCUT2D eigenvalue weighted by Crippen LogP contribution is -2.06. The SMILES string of the molecule is Cc1ccc(-c2ccc3c4ccc(-c5ccc(C)cc5)cc4n(-c4cc(-c5cccc(-c6ccccc6)n5)cc(-n5c6cc(-c7ccc(C)cc7)ccc6c6ccc(-c7ccc(C)cc7)cc65)c4C#N)c3c2)cc1. The summed E-state index contributed by atoms with van der Waals surface area (Å²) in [6, 6.07) is 85.9. The van der Waals surface area contributed by atoms with E-state index in [1.165, 1.54) is 22.3 Å². The molecule has 3 aromatic heterocycles. The summed E-state index contributed by atoms with van der Waals surface area (Å²) < 4.78 is 4.69. The first-order valence-corrected chi connectivity index (χ1v) is 25.3. The highest BCUT2D eigenvalue weighted by molar-refractivity contribution is 6.13. The third-order valence-electron chi connectivity index (χ3n) is 14.9. The second-order valence-electron chi connectivity index (χ2n) is 19.8. The largest absolute Gasteiger partial charge is 0.308 e. The maximum Gasteiger partial charge on any atom is 0.104 e. The molecule has 0 spiro atoms. The smallest absolute Gasteiger partial charge is 0.104 e. The van der Waals surface area contributed by atoms with Crippen LogP contribution in [-0.4, -0.2) is 14.1 Å². The summed E-state index contributed by atoms with van der Waals surface area (Å²) in [6.45, 7) is 8.49. The van der Waals surface area contributed by atoms with Crippen molar-refractivity contribution >= 4 is 43.6 Å². The van der Waals surface area contributed by atoms with Gasteiger partial charge in [0, 0.05) is 32.7 Å². The molecule has 0 atom stereocenters. The highest BCUT2D eigenvalue weighted by Crippen LogP contribution is 2.43. The third kappa shape index (κ3) is 7.75. The van der Waals surface area contributed by atoms with E-state index >= 15 is 0 Å². The molecule has 74 heavy (non-hydrogen) atoms. The van der Waals surface area contributed by atoms with Gasteiger partial charge in [-0.15, -0.1) is 0 Å². The topological polar surface area (TPSA) is 46.5 Å². The summed E-state index contributed by atoms with van der Waals surface area (Å²) in [4.78, 5) is 5.40. The van der Waals surface area contributed by atoms with Crippen molar-refractivity contribution in [2.75, 3.05) is 0 Å². The van der Waals surface area contributed by atoms with Crippen LogP contribution in [0.5, 0.6) is 0 Å². The lowest BCUT2D eigenvalue weighted by Gasteiger charge is -2.19. The number of aromatic nitrogens is 3. The van der Waals surface area contributed by atoms with Crippen LogP contribution in [0.3, 0.4) is 0 Å². The van der Waals surface area contributed by atoms with Crippen molar-refractivity contribution in [2.45, 2.75) is 27.7 Å². The van der Waals surface area contributed by atoms with Crippen LogP contribution in [0.2, 0.25) is 0 Å². The molecule has 13 aromatic rings. The zero-order valence-corrected chi connectivity index (χ0v) is 41.7. The second kappa shape index (κ2) is 17.9. The van der Waals surface area contributed by atoms with Gasteiger partial charge in [-0.3, -0.25) is 0 Å². The zero-order chi connectivity index (χ0) is 50.0. The van der Waals surface area contributed by atoms with E-state index in [-0.39, 0.29) is 0 Å². The van der Waals surface area contributed by atoms with Crippen LogP contribution in [0.15, 0.2) is 231 Å². The molecule has 0 amide bonds. The number of hydrogen-bond acceptors (Lipinski definition) is 2. The minimum absolute atomic E-state index is 0.550. The Hall–Kier alpha value is -9.56. The fourth-order valence-corrected chi connectivity index (χ4v) is 10.9. The highest BCUT2D eigenvalue weighted by Gasteiger charge is 2.24. The van der Waals surface area contributed by atoms with E-state index in [2.05, 4.69) is 267 Å². The number of aryl methyl sites for hydroxylation is 4. The van der Waals surface area contributed by atoms with E-state index in [0.29, 0.717) is 5.56 Å². The Kier molecular flexibility index (Phi) is 10.8. The van der Waals surface area contributed by atoms with Crippen LogP contribution >= 0.6 is 0 Å². The molecule has 0 saturated heterocycles. The van der Waals surface area contributed by atoms with Gasteiger partial charge in [-0.2, -0.15) is 5.26 Å². The average Bonchev–Trinajstić information content (AvgIpc) is 3.95. The Morgan fingerprint density at radius 3 is 0.932 bits per heavy atom. The number of nitrogens with zero attached hydrogens (tertiary/aromatic N) is 4. The quantitative estimate of drug-likeness (QED) is 0.152. The zero-order valence-electron chi connectivity index (χ0n) is 41.7. The van der Waals surface area contributed by atoms with Crippen molar-refractivity contribution < 1.29 is 0 Å². The molecule has 10 aromatic carbocycles. The molecule has 0 saturated carbocycles. The van der Waals surface area contributed by atoms with Gasteiger partial charge in [0.05, 0.1) is 44.8 Å². The summed E-state index contributed by atoms with van der Waals surface area (Å²) in [6.07, 6.45) is 0. The Bertz CT molecular complexity index is 3920. The van der Waals surface area contributed by atoms with Crippen LogP contribution in [-0.2, 0) is 0 Å². The molecular formula is C70H50N4. The van der Waals surface area contributed by atoms with Crippen molar-refractivity contribution in [3.8, 4) is 84.5 Å². The Labute approximate surface area is 431 Å². The molecule has 4 nitrogen and oxygen atoms in total. The van der Waals surface area contributed by atoms with Crippen LogP contribution in [0, 0.1) is 39.0 Å². The molecule has 4 heteroatoms. The molecular weight excluding hydrogens is 897 g/mol. The highest BCUT2D eigenvalue weighted by atomic mass is 15.0. The standard InChI is InChI=1S/C70H50N4/c1-44-13-21-48(22-14-44)53-29-33-58-59-34-30-54(49-23-15-45(2)16-24-49)38-66(59)73(65(58)37-53)69-41-57(64-12-8-11-63(72-64)52-9-6-5-7-10-52)42-70(62(69)43-71)74-67-39-55(50-25-17-46(3)18-26-50)31-35-60(67)61-36-32-56(40-68(61)74)51-27-19-47(4)20-28-51/h5-42H,1-4H3. The maximum atomic E-state index is 12.1. The molecule has 0 unspecified atom stereocenters. The van der Waals surface area contributed by atoms with Gasteiger partial charge in [0.15, 0.2) is 0 Å². The predicted molar refractivity (Wildman–Crippen MR) is 309 cm³/mol. The van der Waals surface area contributed by atoms with Crippen LogP contribution < -0.4 is 0 Å². The number of hydrogen-bond donors (Lipinski definition) is 0. The summed E-state index contributed by atoms with van der Waals surface area (Å²) in [5.41, 5.74) is 23.5. The van der Waals surface area contributed by atoms with Gasteiger partial charge in [0.25, 0.3) is 0 Å². The van der Waals surface area contributed by atoms with E-state index in [9.17, 15) is 5.26 Å². The molecule has 0 fully saturated rings. The van der Waals surface area contributed by atoms with Crippen molar-refractivity contribution in [2.24, 2.45) is 0 Å². The summed E-state index contributed by atoms with van der Waals surface area (Å²) >= 11 is 0. The Morgan fingerprint density at radius 1 is 0.297 bits per heavy atom. The van der Waals surface area contributed by atoms with Crippen molar-refractivity contribution in [1.82, 2.24) is 14.1 Å². The fraction of sp³-hybridized carbons (Fsp3) is 0.0571. The van der Waals surface area contributed by atoms with Crippen LogP contribution in [0.4, 0.5) is 0 Å². The van der Waals surface area contributed by atoms with Crippen LogP contribution in [0.25, 0.3) is 122 Å². The normalized spacial score (nSPS) is 11.5.